The lowest BCUT2D eigenvalue weighted by Crippen LogP contribution is -2.04. The Bertz CT molecular complexity index is 145. The van der Waals surface area contributed by atoms with Crippen molar-refractivity contribution < 1.29 is 4.79 Å². The van der Waals surface area contributed by atoms with Gasteiger partial charge in [-0.3, -0.25) is 0 Å². The molecule has 0 aliphatic carbocycles. The van der Waals surface area contributed by atoms with Crippen molar-refractivity contribution in [3.63, 3.8) is 0 Å². The lowest BCUT2D eigenvalue weighted by Gasteiger charge is -1.94. The summed E-state index contributed by atoms with van der Waals surface area (Å²) in [7, 11) is 0. The van der Waals surface area contributed by atoms with Crippen molar-refractivity contribution in [2.75, 3.05) is 0 Å². The average Bonchev–Trinajstić information content (AvgIpc) is 1.59. The molecule has 0 radical (unpaired) electrons. The second-order valence-electron chi connectivity index (χ2n) is 2.56. The third kappa shape index (κ3) is 7.67. The largest absolute Gasteiger partial charge is 0.312 e. The van der Waals surface area contributed by atoms with E-state index < -0.39 is 5.00 Å². The highest BCUT2D eigenvalue weighted by atomic mass is 35.5. The minimum atomic E-state index is -0.558. The third-order valence-corrected chi connectivity index (χ3v) is 0.563. The van der Waals surface area contributed by atoms with Crippen LogP contribution in [0.5, 0.6) is 0 Å². The molecule has 0 aliphatic heterocycles. The van der Waals surface area contributed by atoms with E-state index in [0.29, 0.717) is 0 Å². The van der Waals surface area contributed by atoms with Crippen LogP contribution in [0.1, 0.15) is 27.7 Å². The molecule has 9 heavy (non-hydrogen) atoms. The topological polar surface area (TPSA) is 26.5 Å². The van der Waals surface area contributed by atoms with Crippen molar-refractivity contribution in [1.29, 1.82) is 0 Å². The quantitative estimate of drug-likeness (QED) is 0.179. The molecule has 0 saturated carbocycles. The van der Waals surface area contributed by atoms with Crippen LogP contribution in [0.15, 0.2) is 5.11 Å². The van der Waals surface area contributed by atoms with E-state index in [4.69, 9.17) is 11.6 Å². The monoisotopic (exact) mass is 147 g/mol. The number of halogens is 1. The lowest BCUT2D eigenvalue weighted by molar-refractivity contribution is -0.104. The zero-order chi connectivity index (χ0) is 7.49. The smallest absolute Gasteiger partial charge is 0.0860 e. The predicted molar refractivity (Wildman–Crippen MR) is 39.0 cm³/mol. The maximum Gasteiger partial charge on any atom is 0.312 e. The van der Waals surface area contributed by atoms with Gasteiger partial charge in [0.2, 0.25) is 5.00 Å². The molecule has 3 heteroatoms. The molecule has 0 saturated heterocycles. The molecule has 0 rings (SSSR count). The SMILES string of the molecule is CC(C)=[N+]=NC(C)(C)Cl. The Kier molecular flexibility index (Phi) is 2.89. The summed E-state index contributed by atoms with van der Waals surface area (Å²) >= 11 is 5.70. The third-order valence-electron chi connectivity index (χ3n) is 0.488. The second kappa shape index (κ2) is 3.00. The van der Waals surface area contributed by atoms with Crippen LogP contribution in [0.2, 0.25) is 0 Å². The van der Waals surface area contributed by atoms with Gasteiger partial charge in [0.05, 0.1) is 0 Å². The van der Waals surface area contributed by atoms with Gasteiger partial charge in [-0.15, -0.1) is 0 Å². The Morgan fingerprint density at radius 1 is 1.44 bits per heavy atom. The van der Waals surface area contributed by atoms with Crippen molar-refractivity contribution in [2.24, 2.45) is 5.11 Å². The van der Waals surface area contributed by atoms with Crippen molar-refractivity contribution in [2.45, 2.75) is 32.7 Å². The molecule has 0 fully saturated rings. The molecule has 52 valence electrons. The van der Waals surface area contributed by atoms with Gasteiger partial charge in [-0.1, -0.05) is 11.6 Å². The molecule has 0 aromatic carbocycles. The van der Waals surface area contributed by atoms with E-state index in [-0.39, 0.29) is 0 Å². The van der Waals surface area contributed by atoms with Gasteiger partial charge in [0.25, 0.3) is 0 Å². The van der Waals surface area contributed by atoms with E-state index in [9.17, 15) is 0 Å². The van der Waals surface area contributed by atoms with Gasteiger partial charge in [0.1, 0.15) is 5.11 Å². The Morgan fingerprint density at radius 2 is 1.89 bits per heavy atom. The summed E-state index contributed by atoms with van der Waals surface area (Å²) in [6.45, 7) is 7.35. The number of hydrogen-bond acceptors (Lipinski definition) is 1. The molecular formula is C6H12ClN2+. The molecule has 0 N–H and O–H groups in total. The standard InChI is InChI=1S/C6H12ClN2/c1-5(2)8-9-6(3,4)7/h1-4H3/q+1. The summed E-state index contributed by atoms with van der Waals surface area (Å²) in [6.07, 6.45) is 0. The highest BCUT2D eigenvalue weighted by molar-refractivity contribution is 6.23. The molecule has 0 unspecified atom stereocenters. The molecule has 0 aromatic rings. The van der Waals surface area contributed by atoms with Crippen LogP contribution in [0.4, 0.5) is 0 Å². The fourth-order valence-corrected chi connectivity index (χ4v) is 0.257. The number of alkyl halides is 1. The van der Waals surface area contributed by atoms with E-state index >= 15 is 0 Å². The highest BCUT2D eigenvalue weighted by Gasteiger charge is 2.16. The Morgan fingerprint density at radius 3 is 2.00 bits per heavy atom. The van der Waals surface area contributed by atoms with Gasteiger partial charge < -0.3 is 0 Å². The molecule has 0 bridgehead atoms. The Balaban J connectivity index is 4.17. The fourth-order valence-electron chi connectivity index (χ4n) is 0.219. The zero-order valence-corrected chi connectivity index (χ0v) is 7.03. The number of rotatable bonds is 1. The summed E-state index contributed by atoms with van der Waals surface area (Å²) in [5.74, 6) is 0. The van der Waals surface area contributed by atoms with E-state index in [2.05, 4.69) is 9.90 Å². The molecule has 0 aromatic heterocycles. The molecule has 0 spiro atoms. The predicted octanol–water partition coefficient (Wildman–Crippen LogP) is 2.10. The molecule has 2 nitrogen and oxygen atoms in total. The van der Waals surface area contributed by atoms with Gasteiger partial charge >= 0.3 is 5.71 Å². The Hall–Kier alpha value is -0.330. The summed E-state index contributed by atoms with van der Waals surface area (Å²) in [4.78, 5) is 3.25. The van der Waals surface area contributed by atoms with Crippen LogP contribution in [0.25, 0.3) is 0 Å². The first-order valence-electron chi connectivity index (χ1n) is 2.84. The highest BCUT2D eigenvalue weighted by Crippen LogP contribution is 2.11. The summed E-state index contributed by atoms with van der Waals surface area (Å²) in [5.41, 5.74) is 0.920. The van der Waals surface area contributed by atoms with Crippen molar-refractivity contribution in [3.05, 3.63) is 0 Å². The van der Waals surface area contributed by atoms with Crippen LogP contribution >= 0.6 is 11.6 Å². The molecular weight excluding hydrogens is 136 g/mol. The first-order valence-corrected chi connectivity index (χ1v) is 3.21. The molecule has 0 atom stereocenters. The van der Waals surface area contributed by atoms with E-state index in [1.165, 1.54) is 0 Å². The lowest BCUT2D eigenvalue weighted by atomic mass is 10.4. The summed E-state index contributed by atoms with van der Waals surface area (Å²) in [5, 5.41) is 3.81. The molecule has 0 amide bonds. The minimum Gasteiger partial charge on any atom is -0.0860 e. The first kappa shape index (κ1) is 8.67. The van der Waals surface area contributed by atoms with Crippen molar-refractivity contribution in [1.82, 2.24) is 0 Å². The minimum absolute atomic E-state index is 0.558. The summed E-state index contributed by atoms with van der Waals surface area (Å²) in [6, 6.07) is 0. The van der Waals surface area contributed by atoms with Gasteiger partial charge in [0, 0.05) is 18.6 Å². The van der Waals surface area contributed by atoms with E-state index in [1.807, 2.05) is 13.8 Å². The van der Waals surface area contributed by atoms with Crippen LogP contribution in [-0.2, 0) is 0 Å². The van der Waals surface area contributed by atoms with E-state index in [1.54, 1.807) is 13.8 Å². The van der Waals surface area contributed by atoms with Crippen molar-refractivity contribution in [3.8, 4) is 0 Å². The number of nitrogens with zero attached hydrogens (tertiary/aromatic N) is 2. The summed E-state index contributed by atoms with van der Waals surface area (Å²) < 4.78 is 0. The average molecular weight is 148 g/mol. The molecule has 0 aliphatic rings. The van der Waals surface area contributed by atoms with Gasteiger partial charge in [-0.05, 0) is 13.8 Å². The van der Waals surface area contributed by atoms with Crippen LogP contribution in [-0.4, -0.2) is 15.5 Å². The van der Waals surface area contributed by atoms with Crippen LogP contribution in [0, 0.1) is 0 Å². The molecule has 0 heterocycles. The van der Waals surface area contributed by atoms with E-state index in [0.717, 1.165) is 5.71 Å². The first-order chi connectivity index (χ1) is 3.92. The second-order valence-corrected chi connectivity index (χ2v) is 3.48. The zero-order valence-electron chi connectivity index (χ0n) is 6.27. The van der Waals surface area contributed by atoms with Crippen molar-refractivity contribution >= 4 is 17.3 Å². The van der Waals surface area contributed by atoms with Gasteiger partial charge in [-0.25, -0.2) is 0 Å². The van der Waals surface area contributed by atoms with Crippen LogP contribution in [0.3, 0.4) is 0 Å². The van der Waals surface area contributed by atoms with Gasteiger partial charge in [-0.2, -0.15) is 0 Å². The fraction of sp³-hybridized carbons (Fsp3) is 0.833. The Labute approximate surface area is 60.7 Å². The number of hydrogen-bond donors (Lipinski definition) is 0. The van der Waals surface area contributed by atoms with Crippen LogP contribution < -0.4 is 0 Å². The van der Waals surface area contributed by atoms with Gasteiger partial charge in [0.15, 0.2) is 0 Å². The maximum absolute atomic E-state index is 5.70. The maximum atomic E-state index is 5.70. The normalized spacial score (nSPS) is 10.3.